The van der Waals surface area contributed by atoms with E-state index in [9.17, 15) is 8.78 Å². The van der Waals surface area contributed by atoms with E-state index in [1.807, 2.05) is 0 Å². The van der Waals surface area contributed by atoms with Gasteiger partial charge in [-0.25, -0.2) is 13.8 Å². The molecule has 2 aromatic rings. The van der Waals surface area contributed by atoms with Crippen molar-refractivity contribution in [3.8, 4) is 11.4 Å². The summed E-state index contributed by atoms with van der Waals surface area (Å²) < 4.78 is 25.5. The summed E-state index contributed by atoms with van der Waals surface area (Å²) in [4.78, 5) is 6.46. The molecule has 65 valence electrons. The van der Waals surface area contributed by atoms with Crippen molar-refractivity contribution in [3.63, 3.8) is 0 Å². The first-order valence-electron chi connectivity index (χ1n) is 3.63. The highest BCUT2D eigenvalue weighted by Gasteiger charge is 2.04. The second-order valence-corrected chi connectivity index (χ2v) is 2.54. The fourth-order valence-corrected chi connectivity index (χ4v) is 1.07. The molecule has 1 aromatic heterocycles. The molecule has 0 aliphatic carbocycles. The first-order chi connectivity index (χ1) is 6.25. The molecule has 0 amide bonds. The van der Waals surface area contributed by atoms with Gasteiger partial charge in [-0.3, -0.25) is 0 Å². The Morgan fingerprint density at radius 2 is 1.85 bits per heavy atom. The predicted octanol–water partition coefficient (Wildman–Crippen LogP) is 2.16. The van der Waals surface area contributed by atoms with Crippen LogP contribution in [0.3, 0.4) is 0 Å². The Balaban J connectivity index is 2.53. The summed E-state index contributed by atoms with van der Waals surface area (Å²) in [6, 6.07) is 3.22. The van der Waals surface area contributed by atoms with Crippen molar-refractivity contribution < 1.29 is 8.78 Å². The Morgan fingerprint density at radius 1 is 1.15 bits per heavy atom. The molecular weight excluding hydrogens is 174 g/mol. The minimum Gasteiger partial charge on any atom is -0.344 e. The molecule has 0 unspecified atom stereocenters. The molecule has 0 saturated carbocycles. The van der Waals surface area contributed by atoms with Crippen LogP contribution >= 0.6 is 0 Å². The van der Waals surface area contributed by atoms with Gasteiger partial charge < -0.3 is 4.98 Å². The quantitative estimate of drug-likeness (QED) is 0.713. The lowest BCUT2D eigenvalue weighted by atomic mass is 10.2. The zero-order valence-electron chi connectivity index (χ0n) is 6.51. The molecule has 13 heavy (non-hydrogen) atoms. The van der Waals surface area contributed by atoms with E-state index in [2.05, 4.69) is 16.2 Å². The van der Waals surface area contributed by atoms with E-state index in [0.29, 0.717) is 11.4 Å². The molecule has 0 aliphatic rings. The van der Waals surface area contributed by atoms with Gasteiger partial charge >= 0.3 is 0 Å². The second kappa shape index (κ2) is 2.97. The van der Waals surface area contributed by atoms with Crippen molar-refractivity contribution in [2.75, 3.05) is 0 Å². The van der Waals surface area contributed by atoms with Crippen molar-refractivity contribution in [1.82, 2.24) is 9.97 Å². The Morgan fingerprint density at radius 3 is 2.38 bits per heavy atom. The van der Waals surface area contributed by atoms with Crippen molar-refractivity contribution in [2.45, 2.75) is 0 Å². The molecule has 0 bridgehead atoms. The average Bonchev–Trinajstić information content (AvgIpc) is 2.53. The summed E-state index contributed by atoms with van der Waals surface area (Å²) in [6.45, 7) is 0. The summed E-state index contributed by atoms with van der Waals surface area (Å²) in [5.74, 6) is -0.837. The van der Waals surface area contributed by atoms with Crippen LogP contribution in [0.5, 0.6) is 0 Å². The second-order valence-electron chi connectivity index (χ2n) is 2.54. The highest BCUT2D eigenvalue weighted by molar-refractivity contribution is 5.54. The van der Waals surface area contributed by atoms with Crippen molar-refractivity contribution in [1.29, 1.82) is 0 Å². The van der Waals surface area contributed by atoms with Gasteiger partial charge in [-0.05, 0) is 12.1 Å². The van der Waals surface area contributed by atoms with Crippen LogP contribution in [0.2, 0.25) is 0 Å². The minimum atomic E-state index is -0.619. The topological polar surface area (TPSA) is 28.7 Å². The Kier molecular flexibility index (Phi) is 1.81. The molecule has 4 heteroatoms. The van der Waals surface area contributed by atoms with E-state index in [4.69, 9.17) is 0 Å². The predicted molar refractivity (Wildman–Crippen MR) is 42.8 cm³/mol. The Hall–Kier alpha value is -1.71. The maximum absolute atomic E-state index is 12.7. The molecule has 2 nitrogen and oxygen atoms in total. The van der Waals surface area contributed by atoms with Gasteiger partial charge in [0.2, 0.25) is 0 Å². The summed E-state index contributed by atoms with van der Waals surface area (Å²) in [5, 5.41) is 0. The van der Waals surface area contributed by atoms with Gasteiger partial charge in [0.15, 0.2) is 0 Å². The lowest BCUT2D eigenvalue weighted by Gasteiger charge is -1.97. The van der Waals surface area contributed by atoms with E-state index >= 15 is 0 Å². The van der Waals surface area contributed by atoms with Gasteiger partial charge in [-0.15, -0.1) is 0 Å². The van der Waals surface area contributed by atoms with Crippen LogP contribution in [0, 0.1) is 17.8 Å². The summed E-state index contributed by atoms with van der Waals surface area (Å²) in [5.41, 5.74) is 0.374. The number of nitrogens with zero attached hydrogens (tertiary/aromatic N) is 1. The monoisotopic (exact) mass is 179 g/mol. The number of benzene rings is 1. The zero-order valence-corrected chi connectivity index (χ0v) is 6.51. The molecular formula is C9H5F2N2. The summed E-state index contributed by atoms with van der Waals surface area (Å²) >= 11 is 0. The SMILES string of the molecule is Fc1cc(F)cc(-c2n[c]c[nH]2)c1. The lowest BCUT2D eigenvalue weighted by Crippen LogP contribution is -1.85. The van der Waals surface area contributed by atoms with E-state index < -0.39 is 11.6 Å². The number of hydrogen-bond donors (Lipinski definition) is 1. The highest BCUT2D eigenvalue weighted by Crippen LogP contribution is 2.16. The van der Waals surface area contributed by atoms with E-state index in [1.54, 1.807) is 0 Å². The number of nitrogens with one attached hydrogen (secondary N) is 1. The van der Waals surface area contributed by atoms with Gasteiger partial charge in [0.1, 0.15) is 23.7 Å². The number of aromatic amines is 1. The number of aromatic nitrogens is 2. The Labute approximate surface area is 73.2 Å². The number of hydrogen-bond acceptors (Lipinski definition) is 1. The van der Waals surface area contributed by atoms with Crippen LogP contribution in [0.25, 0.3) is 11.4 Å². The number of halogens is 2. The number of imidazole rings is 1. The largest absolute Gasteiger partial charge is 0.344 e. The van der Waals surface area contributed by atoms with Gasteiger partial charge in [0.25, 0.3) is 0 Å². The maximum Gasteiger partial charge on any atom is 0.138 e. The third kappa shape index (κ3) is 1.56. The molecule has 1 radical (unpaired) electrons. The van der Waals surface area contributed by atoms with E-state index in [0.717, 1.165) is 6.07 Å². The molecule has 1 N–H and O–H groups in total. The number of rotatable bonds is 1. The van der Waals surface area contributed by atoms with E-state index in [1.165, 1.54) is 18.3 Å². The third-order valence-electron chi connectivity index (χ3n) is 1.59. The van der Waals surface area contributed by atoms with Crippen LogP contribution < -0.4 is 0 Å². The van der Waals surface area contributed by atoms with Crippen molar-refractivity contribution in [2.24, 2.45) is 0 Å². The smallest absolute Gasteiger partial charge is 0.138 e. The lowest BCUT2D eigenvalue weighted by molar-refractivity contribution is 0.584. The molecule has 1 heterocycles. The zero-order chi connectivity index (χ0) is 9.26. The fraction of sp³-hybridized carbons (Fsp3) is 0. The molecule has 0 spiro atoms. The summed E-state index contributed by atoms with van der Waals surface area (Å²) in [6.07, 6.45) is 3.99. The summed E-state index contributed by atoms with van der Waals surface area (Å²) in [7, 11) is 0. The first-order valence-corrected chi connectivity index (χ1v) is 3.63. The third-order valence-corrected chi connectivity index (χ3v) is 1.59. The Bertz CT molecular complexity index is 389. The van der Waals surface area contributed by atoms with Crippen LogP contribution in [-0.2, 0) is 0 Å². The van der Waals surface area contributed by atoms with Crippen LogP contribution in [0.1, 0.15) is 0 Å². The molecule has 0 fully saturated rings. The van der Waals surface area contributed by atoms with Crippen LogP contribution in [0.4, 0.5) is 8.78 Å². The van der Waals surface area contributed by atoms with Crippen LogP contribution in [0.15, 0.2) is 24.4 Å². The molecule has 1 aromatic carbocycles. The van der Waals surface area contributed by atoms with E-state index in [-0.39, 0.29) is 0 Å². The molecule has 0 saturated heterocycles. The van der Waals surface area contributed by atoms with Crippen LogP contribution in [-0.4, -0.2) is 9.97 Å². The standard InChI is InChI=1S/C9H5F2N2/c10-7-3-6(4-8(11)5-7)9-12-1-2-13-9/h1,3-5H,(H,12,13). The first kappa shape index (κ1) is 7.91. The molecule has 0 atom stereocenters. The maximum atomic E-state index is 12.7. The van der Waals surface area contributed by atoms with Gasteiger partial charge in [-0.1, -0.05) is 0 Å². The normalized spacial score (nSPS) is 10.3. The molecule has 0 aliphatic heterocycles. The highest BCUT2D eigenvalue weighted by atomic mass is 19.1. The van der Waals surface area contributed by atoms with Crippen molar-refractivity contribution in [3.05, 3.63) is 42.2 Å². The number of H-pyrrole nitrogens is 1. The van der Waals surface area contributed by atoms with Gasteiger partial charge in [-0.2, -0.15) is 0 Å². The van der Waals surface area contributed by atoms with Crippen molar-refractivity contribution >= 4 is 0 Å². The molecule has 2 rings (SSSR count). The average molecular weight is 179 g/mol. The minimum absolute atomic E-state index is 0.374. The van der Waals surface area contributed by atoms with Gasteiger partial charge in [0, 0.05) is 17.8 Å². The van der Waals surface area contributed by atoms with Gasteiger partial charge in [0.05, 0.1) is 0 Å². The fourth-order valence-electron chi connectivity index (χ4n) is 1.07.